The van der Waals surface area contributed by atoms with Crippen LogP contribution in [0.3, 0.4) is 0 Å². The Bertz CT molecular complexity index is 579. The second kappa shape index (κ2) is 6.37. The van der Waals surface area contributed by atoms with Crippen molar-refractivity contribution in [1.29, 1.82) is 0 Å². The van der Waals surface area contributed by atoms with Crippen molar-refractivity contribution in [2.75, 3.05) is 6.54 Å². The maximum atomic E-state index is 12.0. The SMILES string of the molecule is CC(O)(CNC(=O)c1ccc(I)cc1)c1ccccc1. The summed E-state index contributed by atoms with van der Waals surface area (Å²) in [5.41, 5.74) is 0.289. The fraction of sp³-hybridized carbons (Fsp3) is 0.188. The highest BCUT2D eigenvalue weighted by Crippen LogP contribution is 2.19. The number of hydrogen-bond acceptors (Lipinski definition) is 2. The minimum atomic E-state index is -1.08. The van der Waals surface area contributed by atoms with E-state index in [1.54, 1.807) is 19.1 Å². The van der Waals surface area contributed by atoms with Crippen LogP contribution in [-0.2, 0) is 5.60 Å². The van der Waals surface area contributed by atoms with Gasteiger partial charge in [-0.05, 0) is 59.3 Å². The molecule has 0 radical (unpaired) electrons. The molecule has 4 heteroatoms. The van der Waals surface area contributed by atoms with Crippen LogP contribution in [0.1, 0.15) is 22.8 Å². The van der Waals surface area contributed by atoms with Gasteiger partial charge in [-0.15, -0.1) is 0 Å². The second-order valence-electron chi connectivity index (χ2n) is 4.83. The standard InChI is InChI=1S/C16H16INO2/c1-16(20,13-5-3-2-4-6-13)11-18-15(19)12-7-9-14(17)10-8-12/h2-10,20H,11H2,1H3,(H,18,19). The maximum Gasteiger partial charge on any atom is 0.251 e. The summed E-state index contributed by atoms with van der Waals surface area (Å²) in [4.78, 5) is 12.0. The monoisotopic (exact) mass is 381 g/mol. The molecule has 0 aliphatic carbocycles. The lowest BCUT2D eigenvalue weighted by Gasteiger charge is -2.24. The van der Waals surface area contributed by atoms with Gasteiger partial charge in [-0.2, -0.15) is 0 Å². The number of hydrogen-bond donors (Lipinski definition) is 2. The Balaban J connectivity index is 2.01. The summed E-state index contributed by atoms with van der Waals surface area (Å²) in [6.07, 6.45) is 0. The van der Waals surface area contributed by atoms with Crippen LogP contribution in [0.15, 0.2) is 54.6 Å². The van der Waals surface area contributed by atoms with Gasteiger partial charge >= 0.3 is 0 Å². The molecule has 1 unspecified atom stereocenters. The van der Waals surface area contributed by atoms with E-state index < -0.39 is 5.60 Å². The van der Waals surface area contributed by atoms with Crippen LogP contribution in [0.4, 0.5) is 0 Å². The van der Waals surface area contributed by atoms with Crippen molar-refractivity contribution < 1.29 is 9.90 Å². The van der Waals surface area contributed by atoms with Crippen LogP contribution in [0.5, 0.6) is 0 Å². The number of carbonyl (C=O) groups excluding carboxylic acids is 1. The number of carbonyl (C=O) groups is 1. The Morgan fingerprint density at radius 2 is 1.75 bits per heavy atom. The highest BCUT2D eigenvalue weighted by atomic mass is 127. The number of halogens is 1. The zero-order chi connectivity index (χ0) is 14.6. The first kappa shape index (κ1) is 15.0. The second-order valence-corrected chi connectivity index (χ2v) is 6.08. The van der Waals surface area contributed by atoms with Crippen molar-refractivity contribution in [3.8, 4) is 0 Å². The Morgan fingerprint density at radius 3 is 2.35 bits per heavy atom. The van der Waals surface area contributed by atoms with Gasteiger partial charge in [0.1, 0.15) is 5.60 Å². The fourth-order valence-electron chi connectivity index (χ4n) is 1.85. The van der Waals surface area contributed by atoms with E-state index in [-0.39, 0.29) is 12.5 Å². The average molecular weight is 381 g/mol. The van der Waals surface area contributed by atoms with Crippen molar-refractivity contribution in [2.24, 2.45) is 0 Å². The van der Waals surface area contributed by atoms with E-state index in [9.17, 15) is 9.90 Å². The Kier molecular flexibility index (Phi) is 4.77. The molecule has 3 nitrogen and oxygen atoms in total. The Labute approximate surface area is 132 Å². The lowest BCUT2D eigenvalue weighted by Crippen LogP contribution is -2.38. The number of rotatable bonds is 4. The van der Waals surface area contributed by atoms with Crippen molar-refractivity contribution in [1.82, 2.24) is 5.32 Å². The number of benzene rings is 2. The third-order valence-electron chi connectivity index (χ3n) is 3.10. The molecule has 2 aromatic rings. The summed E-state index contributed by atoms with van der Waals surface area (Å²) in [5, 5.41) is 13.2. The van der Waals surface area contributed by atoms with Crippen molar-refractivity contribution in [2.45, 2.75) is 12.5 Å². The zero-order valence-electron chi connectivity index (χ0n) is 11.1. The number of amides is 1. The smallest absolute Gasteiger partial charge is 0.251 e. The van der Waals surface area contributed by atoms with Crippen LogP contribution in [0.25, 0.3) is 0 Å². The van der Waals surface area contributed by atoms with Gasteiger partial charge in [0.25, 0.3) is 5.91 Å². The van der Waals surface area contributed by atoms with Crippen LogP contribution in [0.2, 0.25) is 0 Å². The highest BCUT2D eigenvalue weighted by molar-refractivity contribution is 14.1. The van der Waals surface area contributed by atoms with Gasteiger partial charge < -0.3 is 10.4 Å². The Hall–Kier alpha value is -1.40. The summed E-state index contributed by atoms with van der Waals surface area (Å²) >= 11 is 2.19. The molecule has 2 rings (SSSR count). The fourth-order valence-corrected chi connectivity index (χ4v) is 2.21. The molecule has 0 aromatic heterocycles. The average Bonchev–Trinajstić information content (AvgIpc) is 2.46. The first-order chi connectivity index (χ1) is 9.49. The molecular formula is C16H16INO2. The minimum Gasteiger partial charge on any atom is -0.384 e. The molecule has 1 amide bonds. The summed E-state index contributed by atoms with van der Waals surface area (Å²) in [6.45, 7) is 1.86. The van der Waals surface area contributed by atoms with Crippen molar-refractivity contribution in [3.05, 3.63) is 69.3 Å². The third-order valence-corrected chi connectivity index (χ3v) is 3.81. The van der Waals surface area contributed by atoms with E-state index in [1.807, 2.05) is 42.5 Å². The van der Waals surface area contributed by atoms with Gasteiger partial charge in [0.15, 0.2) is 0 Å². The topological polar surface area (TPSA) is 49.3 Å². The minimum absolute atomic E-state index is 0.168. The van der Waals surface area contributed by atoms with Crippen molar-refractivity contribution in [3.63, 3.8) is 0 Å². The largest absolute Gasteiger partial charge is 0.384 e. The molecule has 1 atom stereocenters. The lowest BCUT2D eigenvalue weighted by atomic mass is 9.96. The van der Waals surface area contributed by atoms with Gasteiger partial charge in [-0.25, -0.2) is 0 Å². The first-order valence-electron chi connectivity index (χ1n) is 6.31. The zero-order valence-corrected chi connectivity index (χ0v) is 13.3. The van der Waals surface area contributed by atoms with E-state index in [0.717, 1.165) is 9.13 Å². The van der Waals surface area contributed by atoms with Crippen LogP contribution >= 0.6 is 22.6 Å². The molecule has 20 heavy (non-hydrogen) atoms. The molecule has 0 spiro atoms. The van der Waals surface area contributed by atoms with E-state index in [0.29, 0.717) is 5.56 Å². The van der Waals surface area contributed by atoms with Crippen LogP contribution < -0.4 is 5.32 Å². The lowest BCUT2D eigenvalue weighted by molar-refractivity contribution is 0.0526. The molecule has 0 aliphatic heterocycles. The molecule has 0 saturated carbocycles. The predicted molar refractivity (Wildman–Crippen MR) is 87.5 cm³/mol. The number of aliphatic hydroxyl groups is 1. The van der Waals surface area contributed by atoms with Gasteiger partial charge in [0.2, 0.25) is 0 Å². The predicted octanol–water partition coefficient (Wildman–Crippen LogP) is 2.93. The molecule has 104 valence electrons. The normalized spacial score (nSPS) is 13.6. The maximum absolute atomic E-state index is 12.0. The summed E-state index contributed by atoms with van der Waals surface area (Å²) in [5.74, 6) is -0.183. The summed E-state index contributed by atoms with van der Waals surface area (Å²) in [6, 6.07) is 16.6. The van der Waals surface area contributed by atoms with Crippen LogP contribution in [-0.4, -0.2) is 17.6 Å². The quantitative estimate of drug-likeness (QED) is 0.801. The third kappa shape index (κ3) is 3.80. The molecule has 2 N–H and O–H groups in total. The molecule has 0 fully saturated rings. The molecule has 0 saturated heterocycles. The molecule has 0 heterocycles. The molecule has 0 bridgehead atoms. The van der Waals surface area contributed by atoms with Crippen molar-refractivity contribution >= 4 is 28.5 Å². The first-order valence-corrected chi connectivity index (χ1v) is 7.38. The summed E-state index contributed by atoms with van der Waals surface area (Å²) in [7, 11) is 0. The van der Waals surface area contributed by atoms with Crippen LogP contribution in [0, 0.1) is 3.57 Å². The molecule has 2 aromatic carbocycles. The Morgan fingerprint density at radius 1 is 1.15 bits per heavy atom. The van der Waals surface area contributed by atoms with E-state index >= 15 is 0 Å². The van der Waals surface area contributed by atoms with E-state index in [2.05, 4.69) is 27.9 Å². The van der Waals surface area contributed by atoms with Gasteiger partial charge in [0, 0.05) is 9.13 Å². The highest BCUT2D eigenvalue weighted by Gasteiger charge is 2.23. The molecule has 0 aliphatic rings. The van der Waals surface area contributed by atoms with E-state index in [4.69, 9.17) is 0 Å². The van der Waals surface area contributed by atoms with E-state index in [1.165, 1.54) is 0 Å². The summed E-state index contributed by atoms with van der Waals surface area (Å²) < 4.78 is 1.08. The van der Waals surface area contributed by atoms with Gasteiger partial charge in [-0.1, -0.05) is 30.3 Å². The van der Waals surface area contributed by atoms with Gasteiger partial charge in [0.05, 0.1) is 6.54 Å². The molecular weight excluding hydrogens is 365 g/mol. The number of nitrogens with one attached hydrogen (secondary N) is 1. The van der Waals surface area contributed by atoms with Gasteiger partial charge in [-0.3, -0.25) is 4.79 Å².